The zero-order valence-electron chi connectivity index (χ0n) is 12.0. The van der Waals surface area contributed by atoms with Crippen LogP contribution in [0, 0.1) is 6.92 Å². The predicted octanol–water partition coefficient (Wildman–Crippen LogP) is 2.33. The van der Waals surface area contributed by atoms with Gasteiger partial charge in [-0.2, -0.15) is 5.10 Å². The van der Waals surface area contributed by atoms with E-state index in [4.69, 9.17) is 4.98 Å². The lowest BCUT2D eigenvalue weighted by atomic mass is 10.3. The standard InChI is InChI=1S/C15H19N5/c1-11(2)16-9-13-15(20-10-12(3)8-17-20)18-14-6-4-5-7-19(13)14/h4-8,10-11,16H,9H2,1-3H3. The van der Waals surface area contributed by atoms with Gasteiger partial charge in [0.05, 0.1) is 11.9 Å². The number of pyridine rings is 1. The van der Waals surface area contributed by atoms with Gasteiger partial charge >= 0.3 is 0 Å². The van der Waals surface area contributed by atoms with E-state index in [9.17, 15) is 0 Å². The van der Waals surface area contributed by atoms with Crippen molar-refractivity contribution in [3.05, 3.63) is 48.0 Å². The number of aryl methyl sites for hydroxylation is 1. The van der Waals surface area contributed by atoms with Crippen LogP contribution in [0.15, 0.2) is 36.8 Å². The second kappa shape index (κ2) is 5.09. The maximum atomic E-state index is 4.70. The lowest BCUT2D eigenvalue weighted by molar-refractivity contribution is 0.576. The number of rotatable bonds is 4. The Bertz CT molecular complexity index is 723. The molecule has 0 unspecified atom stereocenters. The Morgan fingerprint density at radius 2 is 2.15 bits per heavy atom. The fourth-order valence-electron chi connectivity index (χ4n) is 2.21. The second-order valence-corrected chi connectivity index (χ2v) is 5.31. The summed E-state index contributed by atoms with van der Waals surface area (Å²) in [7, 11) is 0. The first-order valence-corrected chi connectivity index (χ1v) is 6.86. The molecule has 0 saturated heterocycles. The molecule has 1 N–H and O–H groups in total. The fourth-order valence-corrected chi connectivity index (χ4v) is 2.21. The molecule has 0 bridgehead atoms. The Morgan fingerprint density at radius 1 is 1.30 bits per heavy atom. The molecule has 3 aromatic heterocycles. The summed E-state index contributed by atoms with van der Waals surface area (Å²) in [6.45, 7) is 7.07. The Hall–Kier alpha value is -2.14. The molecule has 0 amide bonds. The molecule has 0 aromatic carbocycles. The van der Waals surface area contributed by atoms with E-state index >= 15 is 0 Å². The summed E-state index contributed by atoms with van der Waals surface area (Å²) in [4.78, 5) is 4.70. The third-order valence-corrected chi connectivity index (χ3v) is 3.21. The molecule has 0 aliphatic heterocycles. The van der Waals surface area contributed by atoms with Crippen LogP contribution < -0.4 is 5.32 Å². The van der Waals surface area contributed by atoms with E-state index in [0.717, 1.165) is 29.3 Å². The molecular weight excluding hydrogens is 250 g/mol. The van der Waals surface area contributed by atoms with Crippen molar-refractivity contribution in [3.8, 4) is 5.82 Å². The minimum Gasteiger partial charge on any atom is -0.309 e. The van der Waals surface area contributed by atoms with Crippen LogP contribution in [0.4, 0.5) is 0 Å². The number of hydrogen-bond donors (Lipinski definition) is 1. The number of fused-ring (bicyclic) bond motifs is 1. The average Bonchev–Trinajstić information content (AvgIpc) is 2.99. The largest absolute Gasteiger partial charge is 0.309 e. The van der Waals surface area contributed by atoms with Gasteiger partial charge in [0.15, 0.2) is 5.82 Å². The van der Waals surface area contributed by atoms with Crippen LogP contribution in [-0.2, 0) is 6.54 Å². The molecule has 0 aliphatic rings. The van der Waals surface area contributed by atoms with Crippen LogP contribution in [0.25, 0.3) is 11.5 Å². The molecule has 5 nitrogen and oxygen atoms in total. The zero-order chi connectivity index (χ0) is 14.1. The first-order valence-electron chi connectivity index (χ1n) is 6.86. The highest BCUT2D eigenvalue weighted by molar-refractivity contribution is 5.48. The number of imidazole rings is 1. The predicted molar refractivity (Wildman–Crippen MR) is 79.0 cm³/mol. The lowest BCUT2D eigenvalue weighted by Crippen LogP contribution is -2.23. The van der Waals surface area contributed by atoms with Crippen LogP contribution in [0.1, 0.15) is 25.1 Å². The summed E-state index contributed by atoms with van der Waals surface area (Å²) in [5, 5.41) is 7.84. The van der Waals surface area contributed by atoms with Gasteiger partial charge in [0.25, 0.3) is 0 Å². The van der Waals surface area contributed by atoms with Gasteiger partial charge in [-0.25, -0.2) is 9.67 Å². The first-order chi connectivity index (χ1) is 9.65. The smallest absolute Gasteiger partial charge is 0.176 e. The van der Waals surface area contributed by atoms with Crippen molar-refractivity contribution in [2.75, 3.05) is 0 Å². The summed E-state index contributed by atoms with van der Waals surface area (Å²) in [6, 6.07) is 6.46. The van der Waals surface area contributed by atoms with Crippen LogP contribution >= 0.6 is 0 Å². The monoisotopic (exact) mass is 269 g/mol. The first kappa shape index (κ1) is 12.9. The Labute approximate surface area is 118 Å². The average molecular weight is 269 g/mol. The molecule has 0 spiro atoms. The summed E-state index contributed by atoms with van der Waals surface area (Å²) >= 11 is 0. The third-order valence-electron chi connectivity index (χ3n) is 3.21. The van der Waals surface area contributed by atoms with Crippen molar-refractivity contribution < 1.29 is 0 Å². The van der Waals surface area contributed by atoms with E-state index in [-0.39, 0.29) is 0 Å². The SMILES string of the molecule is Cc1cnn(-c2nc3ccccn3c2CNC(C)C)c1. The summed E-state index contributed by atoms with van der Waals surface area (Å²) in [5.74, 6) is 0.887. The zero-order valence-corrected chi connectivity index (χ0v) is 12.0. The molecule has 0 saturated carbocycles. The van der Waals surface area contributed by atoms with Gasteiger partial charge in [-0.1, -0.05) is 19.9 Å². The minimum absolute atomic E-state index is 0.427. The molecular formula is C15H19N5. The molecule has 5 heteroatoms. The van der Waals surface area contributed by atoms with Crippen molar-refractivity contribution in [2.24, 2.45) is 0 Å². The molecule has 20 heavy (non-hydrogen) atoms. The van der Waals surface area contributed by atoms with Crippen LogP contribution in [-0.4, -0.2) is 25.2 Å². The lowest BCUT2D eigenvalue weighted by Gasteiger charge is -2.09. The van der Waals surface area contributed by atoms with Crippen molar-refractivity contribution in [2.45, 2.75) is 33.4 Å². The van der Waals surface area contributed by atoms with Gasteiger partial charge in [0, 0.05) is 25.0 Å². The molecule has 104 valence electrons. The molecule has 0 atom stereocenters. The molecule has 3 rings (SSSR count). The minimum atomic E-state index is 0.427. The third kappa shape index (κ3) is 2.32. The van der Waals surface area contributed by atoms with Crippen LogP contribution in [0.2, 0.25) is 0 Å². The highest BCUT2D eigenvalue weighted by Gasteiger charge is 2.14. The quantitative estimate of drug-likeness (QED) is 0.790. The summed E-state index contributed by atoms with van der Waals surface area (Å²) < 4.78 is 3.96. The van der Waals surface area contributed by atoms with E-state index in [1.165, 1.54) is 0 Å². The van der Waals surface area contributed by atoms with E-state index in [1.807, 2.05) is 48.4 Å². The van der Waals surface area contributed by atoms with E-state index in [1.54, 1.807) is 0 Å². The molecule has 3 aromatic rings. The van der Waals surface area contributed by atoms with Gasteiger partial charge in [0.1, 0.15) is 5.65 Å². The number of hydrogen-bond acceptors (Lipinski definition) is 3. The molecule has 0 fully saturated rings. The second-order valence-electron chi connectivity index (χ2n) is 5.31. The maximum Gasteiger partial charge on any atom is 0.176 e. The number of nitrogens with zero attached hydrogens (tertiary/aromatic N) is 4. The molecule has 0 aliphatic carbocycles. The van der Waals surface area contributed by atoms with Crippen molar-refractivity contribution in [1.29, 1.82) is 0 Å². The highest BCUT2D eigenvalue weighted by Crippen LogP contribution is 2.17. The summed E-state index contributed by atoms with van der Waals surface area (Å²) in [6.07, 6.45) is 5.89. The Kier molecular flexibility index (Phi) is 3.28. The van der Waals surface area contributed by atoms with E-state index < -0.39 is 0 Å². The topological polar surface area (TPSA) is 47.2 Å². The van der Waals surface area contributed by atoms with Gasteiger partial charge in [0.2, 0.25) is 0 Å². The molecule has 0 radical (unpaired) electrons. The van der Waals surface area contributed by atoms with Crippen LogP contribution in [0.3, 0.4) is 0 Å². The fraction of sp³-hybridized carbons (Fsp3) is 0.333. The highest BCUT2D eigenvalue weighted by atomic mass is 15.3. The van der Waals surface area contributed by atoms with Gasteiger partial charge in [-0.3, -0.25) is 0 Å². The molecule has 3 heterocycles. The normalized spacial score (nSPS) is 11.6. The van der Waals surface area contributed by atoms with Gasteiger partial charge < -0.3 is 9.72 Å². The van der Waals surface area contributed by atoms with Crippen LogP contribution in [0.5, 0.6) is 0 Å². The van der Waals surface area contributed by atoms with E-state index in [0.29, 0.717) is 6.04 Å². The number of aromatic nitrogens is 4. The van der Waals surface area contributed by atoms with Crippen molar-refractivity contribution >= 4 is 5.65 Å². The maximum absolute atomic E-state index is 4.70. The van der Waals surface area contributed by atoms with Gasteiger partial charge in [-0.15, -0.1) is 0 Å². The van der Waals surface area contributed by atoms with Crippen molar-refractivity contribution in [3.63, 3.8) is 0 Å². The summed E-state index contributed by atoms with van der Waals surface area (Å²) in [5.41, 5.74) is 3.19. The Balaban J connectivity index is 2.12. The Morgan fingerprint density at radius 3 is 2.85 bits per heavy atom. The van der Waals surface area contributed by atoms with E-state index in [2.05, 4.69) is 28.7 Å². The number of nitrogens with one attached hydrogen (secondary N) is 1. The van der Waals surface area contributed by atoms with Crippen molar-refractivity contribution in [1.82, 2.24) is 24.5 Å². The van der Waals surface area contributed by atoms with Gasteiger partial charge in [-0.05, 0) is 24.6 Å².